The molecule has 0 aliphatic carbocycles. The predicted octanol–water partition coefficient (Wildman–Crippen LogP) is 3.14. The average Bonchev–Trinajstić information content (AvgIpc) is 2.11. The number of benzene rings is 1. The van der Waals surface area contributed by atoms with E-state index >= 15 is 0 Å². The zero-order valence-electron chi connectivity index (χ0n) is 7.52. The number of rotatable bonds is 4. The van der Waals surface area contributed by atoms with Gasteiger partial charge >= 0.3 is 0 Å². The molecule has 0 amide bonds. The molecule has 0 unspecified atom stereocenters. The summed E-state index contributed by atoms with van der Waals surface area (Å²) in [6.45, 7) is 2.43. The zero-order chi connectivity index (χ0) is 9.68. The fourth-order valence-electron chi connectivity index (χ4n) is 0.914. The van der Waals surface area contributed by atoms with Crippen molar-refractivity contribution in [3.63, 3.8) is 0 Å². The molecule has 13 heavy (non-hydrogen) atoms. The van der Waals surface area contributed by atoms with Crippen molar-refractivity contribution in [3.05, 3.63) is 29.8 Å². The molecule has 0 saturated carbocycles. The fourth-order valence-corrected chi connectivity index (χ4v) is 0.914. The van der Waals surface area contributed by atoms with Gasteiger partial charge < -0.3 is 4.74 Å². The Morgan fingerprint density at radius 2 is 2.08 bits per heavy atom. The summed E-state index contributed by atoms with van der Waals surface area (Å²) in [5, 5.41) is 0. The maximum absolute atomic E-state index is 12.9. The standard InChI is InChI=1S/C10H12F2O/c1-2-3-6-13-10-7-8(11)4-5-9(10)12/h4-5,7H,2-3,6H2,1H3. The van der Waals surface area contributed by atoms with Crippen molar-refractivity contribution < 1.29 is 13.5 Å². The normalized spacial score (nSPS) is 10.1. The minimum absolute atomic E-state index is 0.00606. The molecule has 0 aliphatic heterocycles. The van der Waals surface area contributed by atoms with Crippen LogP contribution < -0.4 is 4.74 Å². The van der Waals surface area contributed by atoms with Crippen LogP contribution in [0.5, 0.6) is 5.75 Å². The van der Waals surface area contributed by atoms with Crippen molar-refractivity contribution >= 4 is 0 Å². The van der Waals surface area contributed by atoms with Gasteiger partial charge in [0, 0.05) is 6.07 Å². The van der Waals surface area contributed by atoms with Crippen LogP contribution in [0, 0.1) is 11.6 Å². The lowest BCUT2D eigenvalue weighted by atomic mass is 10.3. The van der Waals surface area contributed by atoms with Gasteiger partial charge in [-0.05, 0) is 18.6 Å². The summed E-state index contributed by atoms with van der Waals surface area (Å²) in [4.78, 5) is 0. The quantitative estimate of drug-likeness (QED) is 0.656. The lowest BCUT2D eigenvalue weighted by molar-refractivity contribution is 0.292. The summed E-state index contributed by atoms with van der Waals surface area (Å²) in [7, 11) is 0. The van der Waals surface area contributed by atoms with Crippen LogP contribution in [0.15, 0.2) is 18.2 Å². The van der Waals surface area contributed by atoms with E-state index in [0.717, 1.165) is 31.0 Å². The first-order valence-corrected chi connectivity index (χ1v) is 4.32. The molecular weight excluding hydrogens is 174 g/mol. The Morgan fingerprint density at radius 1 is 1.31 bits per heavy atom. The molecule has 0 saturated heterocycles. The van der Waals surface area contributed by atoms with E-state index in [2.05, 4.69) is 0 Å². The van der Waals surface area contributed by atoms with Crippen molar-refractivity contribution in [1.82, 2.24) is 0 Å². The molecule has 72 valence electrons. The van der Waals surface area contributed by atoms with E-state index in [1.54, 1.807) is 0 Å². The molecule has 0 fully saturated rings. The van der Waals surface area contributed by atoms with Gasteiger partial charge in [0.25, 0.3) is 0 Å². The van der Waals surface area contributed by atoms with Crippen LogP contribution in [0.2, 0.25) is 0 Å². The molecule has 1 nitrogen and oxygen atoms in total. The Labute approximate surface area is 76.3 Å². The molecule has 0 atom stereocenters. The Kier molecular flexibility index (Phi) is 3.68. The van der Waals surface area contributed by atoms with E-state index in [1.807, 2.05) is 6.92 Å². The van der Waals surface area contributed by atoms with Gasteiger partial charge in [0.05, 0.1) is 6.61 Å². The molecule has 1 aromatic carbocycles. The summed E-state index contributed by atoms with van der Waals surface area (Å²) in [6.07, 6.45) is 1.81. The minimum atomic E-state index is -0.516. The third-order valence-electron chi connectivity index (χ3n) is 1.65. The molecule has 1 aromatic rings. The van der Waals surface area contributed by atoms with Crippen LogP contribution in [0.4, 0.5) is 8.78 Å². The monoisotopic (exact) mass is 186 g/mol. The van der Waals surface area contributed by atoms with Crippen molar-refractivity contribution in [2.45, 2.75) is 19.8 Å². The molecule has 0 heterocycles. The van der Waals surface area contributed by atoms with Crippen molar-refractivity contribution in [2.24, 2.45) is 0 Å². The topological polar surface area (TPSA) is 9.23 Å². The van der Waals surface area contributed by atoms with Gasteiger partial charge in [-0.1, -0.05) is 13.3 Å². The zero-order valence-corrected chi connectivity index (χ0v) is 7.52. The van der Waals surface area contributed by atoms with E-state index in [4.69, 9.17) is 4.74 Å². The number of unbranched alkanes of at least 4 members (excludes halogenated alkanes) is 1. The first kappa shape index (κ1) is 9.96. The predicted molar refractivity (Wildman–Crippen MR) is 46.8 cm³/mol. The van der Waals surface area contributed by atoms with E-state index in [9.17, 15) is 8.78 Å². The molecule has 0 N–H and O–H groups in total. The lowest BCUT2D eigenvalue weighted by Crippen LogP contribution is -1.98. The fraction of sp³-hybridized carbons (Fsp3) is 0.400. The molecule has 0 bridgehead atoms. The van der Waals surface area contributed by atoms with Crippen LogP contribution in [0.25, 0.3) is 0 Å². The SMILES string of the molecule is CCCCOc1cc(F)ccc1F. The number of hydrogen-bond donors (Lipinski definition) is 0. The summed E-state index contributed by atoms with van der Waals surface area (Å²) in [6, 6.07) is 3.20. The highest BCUT2D eigenvalue weighted by atomic mass is 19.1. The Balaban J connectivity index is 2.59. The Bertz CT molecular complexity index is 274. The van der Waals surface area contributed by atoms with Crippen LogP contribution in [0.3, 0.4) is 0 Å². The third-order valence-corrected chi connectivity index (χ3v) is 1.65. The van der Waals surface area contributed by atoms with Gasteiger partial charge in [0.15, 0.2) is 11.6 Å². The van der Waals surface area contributed by atoms with E-state index in [0.29, 0.717) is 6.61 Å². The maximum Gasteiger partial charge on any atom is 0.165 e. The van der Waals surface area contributed by atoms with E-state index < -0.39 is 11.6 Å². The molecular formula is C10H12F2O. The van der Waals surface area contributed by atoms with Crippen LogP contribution >= 0.6 is 0 Å². The highest BCUT2D eigenvalue weighted by Crippen LogP contribution is 2.17. The highest BCUT2D eigenvalue weighted by molar-refractivity contribution is 5.24. The van der Waals surface area contributed by atoms with Gasteiger partial charge in [-0.25, -0.2) is 8.78 Å². The van der Waals surface area contributed by atoms with E-state index in [1.165, 1.54) is 0 Å². The number of halogens is 2. The second-order valence-electron chi connectivity index (χ2n) is 2.78. The molecule has 0 aliphatic rings. The lowest BCUT2D eigenvalue weighted by Gasteiger charge is -2.05. The average molecular weight is 186 g/mol. The second kappa shape index (κ2) is 4.80. The van der Waals surface area contributed by atoms with E-state index in [-0.39, 0.29) is 5.75 Å². The van der Waals surface area contributed by atoms with Gasteiger partial charge in [-0.2, -0.15) is 0 Å². The third kappa shape index (κ3) is 3.01. The maximum atomic E-state index is 12.9. The summed E-state index contributed by atoms with van der Waals surface area (Å²) in [5.74, 6) is -1.00. The van der Waals surface area contributed by atoms with Crippen LogP contribution in [0.1, 0.15) is 19.8 Å². The summed E-state index contributed by atoms with van der Waals surface area (Å²) >= 11 is 0. The van der Waals surface area contributed by atoms with Crippen LogP contribution in [-0.2, 0) is 0 Å². The van der Waals surface area contributed by atoms with Crippen molar-refractivity contribution in [1.29, 1.82) is 0 Å². The van der Waals surface area contributed by atoms with Gasteiger partial charge in [-0.15, -0.1) is 0 Å². The first-order chi connectivity index (χ1) is 6.24. The first-order valence-electron chi connectivity index (χ1n) is 4.32. The Morgan fingerprint density at radius 3 is 2.77 bits per heavy atom. The van der Waals surface area contributed by atoms with Crippen molar-refractivity contribution in [2.75, 3.05) is 6.61 Å². The molecule has 3 heteroatoms. The molecule has 0 radical (unpaired) electrons. The number of ether oxygens (including phenoxy) is 1. The van der Waals surface area contributed by atoms with Crippen LogP contribution in [-0.4, -0.2) is 6.61 Å². The van der Waals surface area contributed by atoms with Crippen molar-refractivity contribution in [3.8, 4) is 5.75 Å². The largest absolute Gasteiger partial charge is 0.490 e. The summed E-state index contributed by atoms with van der Waals surface area (Å²) < 4.78 is 30.6. The second-order valence-corrected chi connectivity index (χ2v) is 2.78. The number of hydrogen-bond acceptors (Lipinski definition) is 1. The van der Waals surface area contributed by atoms with Gasteiger partial charge in [0.2, 0.25) is 0 Å². The van der Waals surface area contributed by atoms with Gasteiger partial charge in [0.1, 0.15) is 5.82 Å². The Hall–Kier alpha value is -1.12. The minimum Gasteiger partial charge on any atom is -0.490 e. The highest BCUT2D eigenvalue weighted by Gasteiger charge is 2.03. The molecule has 1 rings (SSSR count). The molecule has 0 aromatic heterocycles. The van der Waals surface area contributed by atoms with Gasteiger partial charge in [-0.3, -0.25) is 0 Å². The smallest absolute Gasteiger partial charge is 0.165 e. The molecule has 0 spiro atoms. The summed E-state index contributed by atoms with van der Waals surface area (Å²) in [5.41, 5.74) is 0.